The molecule has 1 heterocycles. The normalized spacial score (nSPS) is 16.0. The molecule has 0 aliphatic heterocycles. The molecule has 1 rings (SSSR count). The molecule has 2 atom stereocenters. The molecule has 0 bridgehead atoms. The number of hydrogen-bond acceptors (Lipinski definition) is 3. The summed E-state index contributed by atoms with van der Waals surface area (Å²) in [6, 6.07) is 0. The second-order valence-corrected chi connectivity index (χ2v) is 3.83. The molecule has 0 unspecified atom stereocenters. The zero-order valence-electron chi connectivity index (χ0n) is 6.83. The van der Waals surface area contributed by atoms with Crippen molar-refractivity contribution in [3.8, 4) is 0 Å². The average Bonchev–Trinajstić information content (AvgIpc) is 2.30. The molecule has 12 heavy (non-hydrogen) atoms. The minimum atomic E-state index is -0.258. The maximum absolute atomic E-state index is 5.78. The Balaban J connectivity index is 3.04. The van der Waals surface area contributed by atoms with Gasteiger partial charge in [0, 0.05) is 0 Å². The van der Waals surface area contributed by atoms with Gasteiger partial charge < -0.3 is 5.84 Å². The molecule has 0 saturated carbocycles. The molecule has 4 nitrogen and oxygen atoms in total. The molecule has 0 radical (unpaired) electrons. The van der Waals surface area contributed by atoms with Crippen LogP contribution < -0.4 is 5.84 Å². The molecule has 0 amide bonds. The van der Waals surface area contributed by atoms with Crippen LogP contribution in [0.4, 0.5) is 0 Å². The van der Waals surface area contributed by atoms with Gasteiger partial charge in [-0.1, -0.05) is 0 Å². The summed E-state index contributed by atoms with van der Waals surface area (Å²) in [5.41, 5.74) is 0. The first-order chi connectivity index (χ1) is 5.54. The molecule has 2 N–H and O–H groups in total. The van der Waals surface area contributed by atoms with Gasteiger partial charge in [0.1, 0.15) is 0 Å². The molecule has 0 saturated heterocycles. The van der Waals surface area contributed by atoms with Gasteiger partial charge in [0.05, 0.1) is 10.8 Å². The first-order valence-corrected chi connectivity index (χ1v) is 4.39. The van der Waals surface area contributed by atoms with Crippen molar-refractivity contribution in [1.82, 2.24) is 14.9 Å². The van der Waals surface area contributed by atoms with Crippen molar-refractivity contribution in [2.75, 3.05) is 5.84 Å². The zero-order valence-corrected chi connectivity index (χ0v) is 8.34. The first kappa shape index (κ1) is 9.61. The van der Waals surface area contributed by atoms with Crippen molar-refractivity contribution in [3.63, 3.8) is 0 Å². The van der Waals surface area contributed by atoms with Crippen molar-refractivity contribution in [3.05, 3.63) is 11.6 Å². The Hall–Kier alpha value is -0.480. The van der Waals surface area contributed by atoms with Gasteiger partial charge in [-0.25, -0.2) is 4.68 Å². The van der Waals surface area contributed by atoms with Gasteiger partial charge in [0.2, 0.25) is 0 Å². The molecule has 6 heteroatoms. The summed E-state index contributed by atoms with van der Waals surface area (Å²) in [4.78, 5) is 0. The van der Waals surface area contributed by atoms with Crippen molar-refractivity contribution in [2.45, 2.75) is 24.6 Å². The van der Waals surface area contributed by atoms with Gasteiger partial charge in [-0.05, 0) is 13.8 Å². The van der Waals surface area contributed by atoms with Crippen LogP contribution in [0.1, 0.15) is 36.3 Å². The van der Waals surface area contributed by atoms with Crippen LogP contribution in [0, 0.1) is 0 Å². The fourth-order valence-electron chi connectivity index (χ4n) is 0.859. The van der Waals surface area contributed by atoms with Crippen LogP contribution in [0.25, 0.3) is 0 Å². The van der Waals surface area contributed by atoms with Gasteiger partial charge >= 0.3 is 0 Å². The maximum Gasteiger partial charge on any atom is 0.169 e. The topological polar surface area (TPSA) is 56.7 Å². The standard InChI is InChI=1S/C6H10Cl2N4/c1-3(7)5-10-11-6(4(2)8)12(5)9/h3-4H,9H2,1-2H3/t3-,4+. The Bertz CT molecular complexity index is 243. The third kappa shape index (κ3) is 1.64. The minimum absolute atomic E-state index is 0.258. The van der Waals surface area contributed by atoms with Gasteiger partial charge in [0.15, 0.2) is 11.6 Å². The molecule has 0 spiro atoms. The van der Waals surface area contributed by atoms with Crippen LogP contribution in [-0.4, -0.2) is 14.9 Å². The third-order valence-corrected chi connectivity index (χ3v) is 1.85. The third-order valence-electron chi connectivity index (χ3n) is 1.46. The lowest BCUT2D eigenvalue weighted by molar-refractivity contribution is 0.787. The van der Waals surface area contributed by atoms with Crippen molar-refractivity contribution in [1.29, 1.82) is 0 Å². The predicted octanol–water partition coefficient (Wildman–Crippen LogP) is 1.59. The molecule has 0 fully saturated rings. The van der Waals surface area contributed by atoms with E-state index >= 15 is 0 Å². The highest BCUT2D eigenvalue weighted by molar-refractivity contribution is 6.20. The number of rotatable bonds is 2. The molecule has 0 aliphatic carbocycles. The van der Waals surface area contributed by atoms with E-state index in [0.29, 0.717) is 11.6 Å². The van der Waals surface area contributed by atoms with Crippen LogP contribution in [0.2, 0.25) is 0 Å². The van der Waals surface area contributed by atoms with E-state index in [1.165, 1.54) is 4.68 Å². The Morgan fingerprint density at radius 3 is 1.67 bits per heavy atom. The number of halogens is 2. The Kier molecular flexibility index (Phi) is 2.80. The Morgan fingerprint density at radius 1 is 1.17 bits per heavy atom. The second kappa shape index (κ2) is 3.49. The fraction of sp³-hybridized carbons (Fsp3) is 0.667. The average molecular weight is 209 g/mol. The second-order valence-electron chi connectivity index (χ2n) is 2.52. The monoisotopic (exact) mass is 208 g/mol. The van der Waals surface area contributed by atoms with E-state index in [1.54, 1.807) is 13.8 Å². The maximum atomic E-state index is 5.78. The summed E-state index contributed by atoms with van der Waals surface area (Å²) in [6.45, 7) is 3.55. The van der Waals surface area contributed by atoms with Crippen LogP contribution in [0.5, 0.6) is 0 Å². The van der Waals surface area contributed by atoms with Crippen LogP contribution in [0.3, 0.4) is 0 Å². The number of hydrogen-bond donors (Lipinski definition) is 1. The number of nitrogen functional groups attached to an aromatic ring is 1. The minimum Gasteiger partial charge on any atom is -0.336 e. The van der Waals surface area contributed by atoms with E-state index in [1.807, 2.05) is 0 Å². The summed E-state index contributed by atoms with van der Waals surface area (Å²) in [5.74, 6) is 6.68. The molecular weight excluding hydrogens is 199 g/mol. The largest absolute Gasteiger partial charge is 0.336 e. The number of nitrogens with two attached hydrogens (primary N) is 1. The first-order valence-electron chi connectivity index (χ1n) is 3.52. The lowest BCUT2D eigenvalue weighted by Crippen LogP contribution is -2.16. The van der Waals surface area contributed by atoms with E-state index in [9.17, 15) is 0 Å². The van der Waals surface area contributed by atoms with Crippen molar-refractivity contribution < 1.29 is 0 Å². The molecule has 0 aromatic carbocycles. The predicted molar refractivity (Wildman–Crippen MR) is 48.7 cm³/mol. The Labute approximate surface area is 80.6 Å². The molecule has 1 aromatic heterocycles. The summed E-state index contributed by atoms with van der Waals surface area (Å²) < 4.78 is 1.33. The van der Waals surface area contributed by atoms with Crippen molar-refractivity contribution in [2.24, 2.45) is 0 Å². The van der Waals surface area contributed by atoms with E-state index < -0.39 is 0 Å². The lowest BCUT2D eigenvalue weighted by atomic mass is 10.4. The lowest BCUT2D eigenvalue weighted by Gasteiger charge is -2.05. The number of alkyl halides is 2. The van der Waals surface area contributed by atoms with E-state index in [4.69, 9.17) is 29.0 Å². The highest BCUT2D eigenvalue weighted by Gasteiger charge is 2.16. The quantitative estimate of drug-likeness (QED) is 0.594. The van der Waals surface area contributed by atoms with Gasteiger partial charge in [-0.2, -0.15) is 0 Å². The summed E-state index contributed by atoms with van der Waals surface area (Å²) in [5, 5.41) is 7.10. The van der Waals surface area contributed by atoms with Crippen molar-refractivity contribution >= 4 is 23.2 Å². The smallest absolute Gasteiger partial charge is 0.169 e. The van der Waals surface area contributed by atoms with E-state index in [0.717, 1.165) is 0 Å². The van der Waals surface area contributed by atoms with E-state index in [2.05, 4.69) is 10.2 Å². The van der Waals surface area contributed by atoms with Gasteiger partial charge in [0.25, 0.3) is 0 Å². The highest BCUT2D eigenvalue weighted by atomic mass is 35.5. The SMILES string of the molecule is C[C@H](Cl)c1nnc([C@@H](C)Cl)n1N. The fourth-order valence-corrected chi connectivity index (χ4v) is 1.16. The summed E-state index contributed by atoms with van der Waals surface area (Å²) in [6.07, 6.45) is 0. The van der Waals surface area contributed by atoms with Gasteiger partial charge in [-0.3, -0.25) is 0 Å². The number of nitrogens with zero attached hydrogens (tertiary/aromatic N) is 3. The molecule has 68 valence electrons. The summed E-state index contributed by atoms with van der Waals surface area (Å²) in [7, 11) is 0. The molecule has 1 aromatic rings. The zero-order chi connectivity index (χ0) is 9.30. The summed E-state index contributed by atoms with van der Waals surface area (Å²) >= 11 is 11.6. The number of aromatic nitrogens is 3. The Morgan fingerprint density at radius 2 is 1.50 bits per heavy atom. The van der Waals surface area contributed by atoms with Gasteiger partial charge in [-0.15, -0.1) is 33.4 Å². The molecular formula is C6H10Cl2N4. The molecule has 0 aliphatic rings. The van der Waals surface area contributed by atoms with E-state index in [-0.39, 0.29) is 10.8 Å². The highest BCUT2D eigenvalue weighted by Crippen LogP contribution is 2.21. The van der Waals surface area contributed by atoms with Crippen LogP contribution in [0.15, 0.2) is 0 Å². The van der Waals surface area contributed by atoms with Crippen LogP contribution in [-0.2, 0) is 0 Å². The van der Waals surface area contributed by atoms with Crippen LogP contribution >= 0.6 is 23.2 Å².